The molecular weight excluding hydrogens is 597 g/mol. The molecule has 8 aromatic carbocycles. The highest BCUT2D eigenvalue weighted by Gasteiger charge is 2.46. The number of benzene rings is 8. The van der Waals surface area contributed by atoms with Gasteiger partial charge in [0.15, 0.2) is 0 Å². The van der Waals surface area contributed by atoms with Crippen LogP contribution in [0.5, 0.6) is 0 Å². The predicted octanol–water partition coefficient (Wildman–Crippen LogP) is 13.6. The minimum absolute atomic E-state index is 0.124. The lowest BCUT2D eigenvalue weighted by Crippen LogP contribution is -2.27. The van der Waals surface area contributed by atoms with E-state index in [9.17, 15) is 0 Å². The molecule has 0 spiro atoms. The normalized spacial score (nSPS) is 16.6. The lowest BCUT2D eigenvalue weighted by Gasteiger charge is -2.37. The fraction of sp³-hybridized carbons (Fsp3) is 0.106. The first kappa shape index (κ1) is 28.0. The topological polar surface area (TPSA) is 0 Å². The van der Waals surface area contributed by atoms with Crippen molar-refractivity contribution in [3.05, 3.63) is 162 Å². The Morgan fingerprint density at radius 2 is 1.08 bits per heavy atom. The molecule has 0 aromatic heterocycles. The van der Waals surface area contributed by atoms with Crippen LogP contribution in [0.25, 0.3) is 70.9 Å². The van der Waals surface area contributed by atoms with Gasteiger partial charge in [-0.2, -0.15) is 0 Å². The first-order chi connectivity index (χ1) is 23.6. The highest BCUT2D eigenvalue weighted by molar-refractivity contribution is 7.99. The summed E-state index contributed by atoms with van der Waals surface area (Å²) in [7, 11) is 0. The van der Waals surface area contributed by atoms with Crippen molar-refractivity contribution in [3.8, 4) is 22.3 Å². The van der Waals surface area contributed by atoms with E-state index in [4.69, 9.17) is 0 Å². The smallest absolute Gasteiger partial charge is 0.0417 e. The molecule has 0 fully saturated rings. The molecule has 0 unspecified atom stereocenters. The van der Waals surface area contributed by atoms with Gasteiger partial charge in [0.1, 0.15) is 0 Å². The highest BCUT2D eigenvalue weighted by atomic mass is 32.2. The lowest BCUT2D eigenvalue weighted by molar-refractivity contribution is 0.633. The fourth-order valence-electron chi connectivity index (χ4n) is 9.24. The lowest BCUT2D eigenvalue weighted by atomic mass is 9.71. The van der Waals surface area contributed by atoms with E-state index in [0.29, 0.717) is 0 Å². The Hall–Kier alpha value is -5.11. The standard InChI is InChI=1S/C47H34S/c1-4-40-28(2)33-18-11-19-43-46(33)47(40,3)41-27-32(24-25-42(41)48-43)45-37-16-9-7-14-35(37)44(36-15-8-10-17-38(36)45)31-23-22-30-21-20-29-12-5-6-13-34(29)39(30)26-31/h5-27H,4H2,1-3H3/t47-/m0/s1. The van der Waals surface area contributed by atoms with Gasteiger partial charge >= 0.3 is 0 Å². The molecule has 1 aliphatic carbocycles. The van der Waals surface area contributed by atoms with E-state index in [1.165, 1.54) is 97.4 Å². The van der Waals surface area contributed by atoms with Crippen molar-refractivity contribution in [2.45, 2.75) is 42.4 Å². The third kappa shape index (κ3) is 3.68. The first-order valence-corrected chi connectivity index (χ1v) is 17.9. The summed E-state index contributed by atoms with van der Waals surface area (Å²) in [5.74, 6) is 0. The Bertz CT molecular complexity index is 2650. The summed E-state index contributed by atoms with van der Waals surface area (Å²) < 4.78 is 0. The van der Waals surface area contributed by atoms with Crippen molar-refractivity contribution in [1.29, 1.82) is 0 Å². The van der Waals surface area contributed by atoms with Gasteiger partial charge in [-0.1, -0.05) is 140 Å². The molecule has 1 heterocycles. The second-order valence-corrected chi connectivity index (χ2v) is 14.7. The number of hydrogen-bond donors (Lipinski definition) is 0. The minimum Gasteiger partial charge on any atom is -0.0894 e. The second kappa shape index (κ2) is 10.2. The van der Waals surface area contributed by atoms with Crippen LogP contribution in [-0.2, 0) is 5.41 Å². The molecule has 10 rings (SSSR count). The van der Waals surface area contributed by atoms with E-state index in [-0.39, 0.29) is 5.41 Å². The van der Waals surface area contributed by atoms with Crippen LogP contribution in [0.4, 0.5) is 0 Å². The summed E-state index contributed by atoms with van der Waals surface area (Å²) >= 11 is 1.94. The maximum atomic E-state index is 2.53. The van der Waals surface area contributed by atoms with Gasteiger partial charge in [0.2, 0.25) is 0 Å². The quantitative estimate of drug-likeness (QED) is 0.138. The SMILES string of the molecule is CCC1=C(C)c2cccc3c2[C@]1(C)c1cc(-c2c4ccccc4c(-c4ccc5ccc6ccccc6c5c4)c4ccccc24)ccc1S3. The van der Waals surface area contributed by atoms with Crippen LogP contribution < -0.4 is 0 Å². The third-order valence-corrected chi connectivity index (χ3v) is 12.5. The van der Waals surface area contributed by atoms with Crippen molar-refractivity contribution in [3.63, 3.8) is 0 Å². The molecule has 0 nitrogen and oxygen atoms in total. The van der Waals surface area contributed by atoms with Crippen molar-refractivity contribution in [1.82, 2.24) is 0 Å². The maximum absolute atomic E-state index is 2.53. The van der Waals surface area contributed by atoms with Gasteiger partial charge in [0.25, 0.3) is 0 Å². The molecule has 0 saturated heterocycles. The zero-order chi connectivity index (χ0) is 32.1. The second-order valence-electron chi connectivity index (χ2n) is 13.6. The van der Waals surface area contributed by atoms with E-state index in [1.54, 1.807) is 5.57 Å². The summed E-state index contributed by atoms with van der Waals surface area (Å²) in [5, 5.41) is 10.3. The highest BCUT2D eigenvalue weighted by Crippen LogP contribution is 2.60. The molecule has 228 valence electrons. The third-order valence-electron chi connectivity index (χ3n) is 11.3. The van der Waals surface area contributed by atoms with Crippen LogP contribution in [-0.4, -0.2) is 0 Å². The molecule has 0 amide bonds. The van der Waals surface area contributed by atoms with Gasteiger partial charge in [0.05, 0.1) is 0 Å². The van der Waals surface area contributed by atoms with Gasteiger partial charge in [0, 0.05) is 15.2 Å². The molecule has 8 aromatic rings. The Balaban J connectivity index is 1.25. The van der Waals surface area contributed by atoms with Crippen LogP contribution >= 0.6 is 11.8 Å². The molecule has 0 bridgehead atoms. The van der Waals surface area contributed by atoms with Gasteiger partial charge in [-0.05, 0) is 132 Å². The Morgan fingerprint density at radius 1 is 0.521 bits per heavy atom. The zero-order valence-corrected chi connectivity index (χ0v) is 28.2. The van der Waals surface area contributed by atoms with E-state index < -0.39 is 0 Å². The van der Waals surface area contributed by atoms with Crippen LogP contribution in [0, 0.1) is 0 Å². The van der Waals surface area contributed by atoms with Crippen LogP contribution in [0.2, 0.25) is 0 Å². The Kier molecular flexibility index (Phi) is 5.94. The predicted molar refractivity (Wildman–Crippen MR) is 207 cm³/mol. The average molecular weight is 631 g/mol. The number of rotatable bonds is 3. The number of fused-ring (bicyclic) bond motifs is 7. The van der Waals surface area contributed by atoms with E-state index in [2.05, 4.69) is 160 Å². The Morgan fingerprint density at radius 3 is 1.75 bits per heavy atom. The molecule has 0 N–H and O–H groups in total. The summed E-state index contributed by atoms with van der Waals surface area (Å²) in [4.78, 5) is 2.78. The largest absolute Gasteiger partial charge is 0.0894 e. The molecule has 0 radical (unpaired) electrons. The summed E-state index contributed by atoms with van der Waals surface area (Å²) in [5.41, 5.74) is 12.4. The minimum atomic E-state index is -0.124. The molecule has 0 saturated carbocycles. The zero-order valence-electron chi connectivity index (χ0n) is 27.4. The van der Waals surface area contributed by atoms with E-state index in [0.717, 1.165) is 6.42 Å². The summed E-state index contributed by atoms with van der Waals surface area (Å²) in [6, 6.07) is 52.6. The molecule has 2 aliphatic rings. The van der Waals surface area contributed by atoms with Crippen molar-refractivity contribution >= 4 is 60.4 Å². The van der Waals surface area contributed by atoms with Crippen LogP contribution in [0.15, 0.2) is 155 Å². The number of allylic oxidation sites excluding steroid dienone is 2. The van der Waals surface area contributed by atoms with Crippen molar-refractivity contribution < 1.29 is 0 Å². The summed E-state index contributed by atoms with van der Waals surface area (Å²) in [6.07, 6.45) is 1.05. The van der Waals surface area contributed by atoms with Crippen molar-refractivity contribution in [2.75, 3.05) is 0 Å². The van der Waals surface area contributed by atoms with Crippen molar-refractivity contribution in [2.24, 2.45) is 0 Å². The maximum Gasteiger partial charge on any atom is 0.0417 e. The van der Waals surface area contributed by atoms with Gasteiger partial charge < -0.3 is 0 Å². The molecule has 48 heavy (non-hydrogen) atoms. The van der Waals surface area contributed by atoms with Gasteiger partial charge in [-0.25, -0.2) is 0 Å². The number of hydrogen-bond acceptors (Lipinski definition) is 1. The molecular formula is C47H34S. The molecule has 1 aliphatic heterocycles. The van der Waals surface area contributed by atoms with E-state index >= 15 is 0 Å². The molecule has 1 heteroatoms. The van der Waals surface area contributed by atoms with Gasteiger partial charge in [-0.15, -0.1) is 0 Å². The van der Waals surface area contributed by atoms with Gasteiger partial charge in [-0.3, -0.25) is 0 Å². The monoisotopic (exact) mass is 630 g/mol. The Labute approximate surface area is 285 Å². The van der Waals surface area contributed by atoms with Crippen LogP contribution in [0.1, 0.15) is 43.9 Å². The summed E-state index contributed by atoms with van der Waals surface area (Å²) in [6.45, 7) is 7.15. The average Bonchev–Trinajstić information content (AvgIpc) is 3.37. The van der Waals surface area contributed by atoms with Crippen LogP contribution in [0.3, 0.4) is 0 Å². The van der Waals surface area contributed by atoms with E-state index in [1.807, 2.05) is 11.8 Å². The first-order valence-electron chi connectivity index (χ1n) is 17.1. The fourth-order valence-corrected chi connectivity index (χ4v) is 10.5. The molecule has 1 atom stereocenters.